The number of morpholine rings is 1. The first-order valence-corrected chi connectivity index (χ1v) is 10.9. The van der Waals surface area contributed by atoms with E-state index in [1.165, 1.54) is 28.6 Å². The summed E-state index contributed by atoms with van der Waals surface area (Å²) in [6, 6.07) is 13.2. The number of aromatic nitrogens is 3. The van der Waals surface area contributed by atoms with E-state index in [1.807, 2.05) is 18.2 Å². The second-order valence-electron chi connectivity index (χ2n) is 6.69. The predicted molar refractivity (Wildman–Crippen MR) is 110 cm³/mol. The standard InChI is InChI=1S/C20H21N5O4S/c26-20(23-19-8-10-22-25(19)15-17-3-1-2-9-21-17)16-4-6-18(7-5-16)30(27,28)24-11-13-29-14-12-24/h1-10H,11-15H2,(H,23,26). The quantitative estimate of drug-likeness (QED) is 0.640. The van der Waals surface area contributed by atoms with Crippen molar-refractivity contribution in [3.8, 4) is 0 Å². The number of nitrogens with zero attached hydrogens (tertiary/aromatic N) is 4. The van der Waals surface area contributed by atoms with Gasteiger partial charge in [0.1, 0.15) is 5.82 Å². The normalized spacial score (nSPS) is 15.1. The molecule has 0 bridgehead atoms. The first-order valence-electron chi connectivity index (χ1n) is 9.45. The predicted octanol–water partition coefficient (Wildman–Crippen LogP) is 1.60. The van der Waals surface area contributed by atoms with Crippen LogP contribution >= 0.6 is 0 Å². The van der Waals surface area contributed by atoms with Crippen LogP contribution in [0.15, 0.2) is 65.8 Å². The van der Waals surface area contributed by atoms with Crippen LogP contribution in [-0.2, 0) is 21.3 Å². The van der Waals surface area contributed by atoms with Crippen molar-refractivity contribution in [2.24, 2.45) is 0 Å². The Labute approximate surface area is 174 Å². The highest BCUT2D eigenvalue weighted by Crippen LogP contribution is 2.18. The van der Waals surface area contributed by atoms with Crippen molar-refractivity contribution >= 4 is 21.7 Å². The third-order valence-electron chi connectivity index (χ3n) is 4.72. The summed E-state index contributed by atoms with van der Waals surface area (Å²) in [5.74, 6) is 0.170. The van der Waals surface area contributed by atoms with Crippen molar-refractivity contribution < 1.29 is 17.9 Å². The number of carbonyl (C=O) groups excluding carboxylic acids is 1. The maximum atomic E-state index is 12.7. The molecule has 1 aliphatic rings. The molecule has 1 amide bonds. The topological polar surface area (TPSA) is 106 Å². The van der Waals surface area contributed by atoms with Gasteiger partial charge in [0.05, 0.1) is 36.5 Å². The third-order valence-corrected chi connectivity index (χ3v) is 6.63. The molecule has 0 spiro atoms. The molecule has 30 heavy (non-hydrogen) atoms. The summed E-state index contributed by atoms with van der Waals surface area (Å²) in [7, 11) is -3.60. The molecule has 1 saturated heterocycles. The van der Waals surface area contributed by atoms with Gasteiger partial charge in [0, 0.05) is 30.9 Å². The lowest BCUT2D eigenvalue weighted by Crippen LogP contribution is -2.40. The number of pyridine rings is 1. The van der Waals surface area contributed by atoms with Crippen LogP contribution in [0.2, 0.25) is 0 Å². The van der Waals surface area contributed by atoms with Crippen LogP contribution in [0.5, 0.6) is 0 Å². The van der Waals surface area contributed by atoms with Gasteiger partial charge in [-0.25, -0.2) is 13.1 Å². The van der Waals surface area contributed by atoms with E-state index in [0.717, 1.165) is 5.69 Å². The van der Waals surface area contributed by atoms with Gasteiger partial charge >= 0.3 is 0 Å². The van der Waals surface area contributed by atoms with E-state index >= 15 is 0 Å². The molecule has 0 unspecified atom stereocenters. The number of hydrogen-bond donors (Lipinski definition) is 1. The summed E-state index contributed by atoms with van der Waals surface area (Å²) in [6.07, 6.45) is 3.29. The van der Waals surface area contributed by atoms with Crippen LogP contribution < -0.4 is 5.32 Å². The molecule has 3 heterocycles. The minimum absolute atomic E-state index is 0.154. The Balaban J connectivity index is 1.45. The molecule has 1 fully saturated rings. The van der Waals surface area contributed by atoms with E-state index in [-0.39, 0.29) is 10.8 Å². The second kappa shape index (κ2) is 8.74. The third kappa shape index (κ3) is 4.40. The zero-order chi connectivity index (χ0) is 21.0. The van der Waals surface area contributed by atoms with E-state index in [0.29, 0.717) is 44.2 Å². The zero-order valence-electron chi connectivity index (χ0n) is 16.1. The van der Waals surface area contributed by atoms with Crippen LogP contribution in [0.3, 0.4) is 0 Å². The molecule has 9 nitrogen and oxygen atoms in total. The van der Waals surface area contributed by atoms with E-state index in [9.17, 15) is 13.2 Å². The monoisotopic (exact) mass is 427 g/mol. The summed E-state index contributed by atoms with van der Waals surface area (Å²) in [5, 5.41) is 7.03. The van der Waals surface area contributed by atoms with Crippen LogP contribution in [-0.4, -0.2) is 59.7 Å². The van der Waals surface area contributed by atoms with Gasteiger partial charge in [0.25, 0.3) is 5.91 Å². The summed E-state index contributed by atoms with van der Waals surface area (Å²) in [5.41, 5.74) is 1.16. The molecule has 2 aromatic heterocycles. The first kappa shape index (κ1) is 20.2. The Morgan fingerprint density at radius 2 is 1.80 bits per heavy atom. The van der Waals surface area contributed by atoms with Gasteiger partial charge < -0.3 is 10.1 Å². The number of sulfonamides is 1. The Bertz CT molecular complexity index is 1110. The maximum absolute atomic E-state index is 12.7. The van der Waals surface area contributed by atoms with Gasteiger partial charge in [-0.15, -0.1) is 0 Å². The summed E-state index contributed by atoms with van der Waals surface area (Å²) in [6.45, 7) is 1.83. The van der Waals surface area contributed by atoms with Crippen molar-refractivity contribution in [1.82, 2.24) is 19.1 Å². The average molecular weight is 427 g/mol. The molecular formula is C20H21N5O4S. The number of rotatable bonds is 6. The lowest BCUT2D eigenvalue weighted by molar-refractivity contribution is 0.0730. The number of carbonyl (C=O) groups is 1. The molecular weight excluding hydrogens is 406 g/mol. The Morgan fingerprint density at radius 1 is 1.03 bits per heavy atom. The number of hydrogen-bond acceptors (Lipinski definition) is 6. The van der Waals surface area contributed by atoms with Crippen molar-refractivity contribution in [1.29, 1.82) is 0 Å². The summed E-state index contributed by atoms with van der Waals surface area (Å²) in [4.78, 5) is 17.0. The van der Waals surface area contributed by atoms with Crippen LogP contribution in [0.25, 0.3) is 0 Å². The van der Waals surface area contributed by atoms with Gasteiger partial charge in [0.15, 0.2) is 0 Å². The van der Waals surface area contributed by atoms with E-state index in [4.69, 9.17) is 4.74 Å². The lowest BCUT2D eigenvalue weighted by Gasteiger charge is -2.26. The van der Waals surface area contributed by atoms with E-state index in [1.54, 1.807) is 23.1 Å². The highest BCUT2D eigenvalue weighted by atomic mass is 32.2. The fourth-order valence-corrected chi connectivity index (χ4v) is 4.52. The van der Waals surface area contributed by atoms with Crippen LogP contribution in [0.1, 0.15) is 16.1 Å². The smallest absolute Gasteiger partial charge is 0.256 e. The zero-order valence-corrected chi connectivity index (χ0v) is 17.0. The van der Waals surface area contributed by atoms with Crippen molar-refractivity contribution in [2.75, 3.05) is 31.6 Å². The number of benzene rings is 1. The van der Waals surface area contributed by atoms with E-state index < -0.39 is 10.0 Å². The van der Waals surface area contributed by atoms with Crippen molar-refractivity contribution in [3.63, 3.8) is 0 Å². The Hall–Kier alpha value is -3.08. The molecule has 4 rings (SSSR count). The number of nitrogens with one attached hydrogen (secondary N) is 1. The highest BCUT2D eigenvalue weighted by molar-refractivity contribution is 7.89. The van der Waals surface area contributed by atoms with Gasteiger partial charge in [0.2, 0.25) is 10.0 Å². The average Bonchev–Trinajstić information content (AvgIpc) is 3.21. The lowest BCUT2D eigenvalue weighted by atomic mass is 10.2. The van der Waals surface area contributed by atoms with Gasteiger partial charge in [-0.05, 0) is 36.4 Å². The molecule has 10 heteroatoms. The molecule has 0 saturated carbocycles. The van der Waals surface area contributed by atoms with Crippen molar-refractivity contribution in [2.45, 2.75) is 11.4 Å². The Morgan fingerprint density at radius 3 is 2.50 bits per heavy atom. The SMILES string of the molecule is O=C(Nc1ccnn1Cc1ccccn1)c1ccc(S(=O)(=O)N2CCOCC2)cc1. The highest BCUT2D eigenvalue weighted by Gasteiger charge is 2.26. The number of anilines is 1. The Kier molecular flexibility index (Phi) is 5.88. The van der Waals surface area contributed by atoms with E-state index in [2.05, 4.69) is 15.4 Å². The van der Waals surface area contributed by atoms with Crippen LogP contribution in [0, 0.1) is 0 Å². The van der Waals surface area contributed by atoms with Crippen molar-refractivity contribution in [3.05, 3.63) is 72.2 Å². The molecule has 1 N–H and O–H groups in total. The molecule has 0 atom stereocenters. The molecule has 0 radical (unpaired) electrons. The minimum Gasteiger partial charge on any atom is -0.379 e. The van der Waals surface area contributed by atoms with Gasteiger partial charge in [-0.2, -0.15) is 9.40 Å². The molecule has 1 aromatic carbocycles. The maximum Gasteiger partial charge on any atom is 0.256 e. The largest absolute Gasteiger partial charge is 0.379 e. The molecule has 156 valence electrons. The fourth-order valence-electron chi connectivity index (χ4n) is 3.11. The first-order chi connectivity index (χ1) is 14.5. The van der Waals surface area contributed by atoms with Gasteiger partial charge in [-0.1, -0.05) is 6.07 Å². The fraction of sp³-hybridized carbons (Fsp3) is 0.250. The number of ether oxygens (including phenoxy) is 1. The van der Waals surface area contributed by atoms with Crippen LogP contribution in [0.4, 0.5) is 5.82 Å². The molecule has 1 aliphatic heterocycles. The summed E-state index contributed by atoms with van der Waals surface area (Å²) < 4.78 is 33.6. The minimum atomic E-state index is -3.60. The number of amides is 1. The molecule has 0 aliphatic carbocycles. The molecule has 3 aromatic rings. The summed E-state index contributed by atoms with van der Waals surface area (Å²) >= 11 is 0. The second-order valence-corrected chi connectivity index (χ2v) is 8.63. The van der Waals surface area contributed by atoms with Gasteiger partial charge in [-0.3, -0.25) is 9.78 Å².